The van der Waals surface area contributed by atoms with Crippen LogP contribution in [0.1, 0.15) is 12.7 Å². The van der Waals surface area contributed by atoms with Crippen molar-refractivity contribution < 1.29 is 13.7 Å². The van der Waals surface area contributed by atoms with E-state index in [4.69, 9.17) is 4.52 Å². The van der Waals surface area contributed by atoms with Gasteiger partial charge in [0.1, 0.15) is 5.82 Å². The Kier molecular flexibility index (Phi) is 5.74. The highest BCUT2D eigenvalue weighted by Gasteiger charge is 2.23. The fourth-order valence-corrected chi connectivity index (χ4v) is 2.39. The van der Waals surface area contributed by atoms with Gasteiger partial charge in [0.2, 0.25) is 0 Å². The van der Waals surface area contributed by atoms with Crippen LogP contribution in [-0.2, 0) is 6.42 Å². The van der Waals surface area contributed by atoms with E-state index >= 15 is 0 Å². The van der Waals surface area contributed by atoms with E-state index in [9.17, 15) is 9.18 Å². The maximum absolute atomic E-state index is 14.1. The first-order valence-corrected chi connectivity index (χ1v) is 7.43. The predicted octanol–water partition coefficient (Wildman–Crippen LogP) is 1.98. The molecule has 1 aromatic heterocycles. The monoisotopic (exact) mass is 355 g/mol. The van der Waals surface area contributed by atoms with E-state index in [0.29, 0.717) is 31.0 Å². The lowest BCUT2D eigenvalue weighted by Crippen LogP contribution is -2.27. The summed E-state index contributed by atoms with van der Waals surface area (Å²) in [4.78, 5) is 17.5. The molecule has 2 amide bonds. The minimum atomic E-state index is -0.467. The molecule has 24 heavy (non-hydrogen) atoms. The van der Waals surface area contributed by atoms with E-state index in [2.05, 4.69) is 20.8 Å². The third-order valence-electron chi connectivity index (χ3n) is 3.80. The van der Waals surface area contributed by atoms with E-state index in [1.54, 1.807) is 17.0 Å². The minimum absolute atomic E-state index is 0. The lowest BCUT2D eigenvalue weighted by atomic mass is 10.1. The van der Waals surface area contributed by atoms with Gasteiger partial charge in [0.15, 0.2) is 5.82 Å². The fraction of sp³-hybridized carbons (Fsp3) is 0.400. The Labute approximate surface area is 145 Å². The third-order valence-corrected chi connectivity index (χ3v) is 3.80. The molecule has 2 aromatic rings. The van der Waals surface area contributed by atoms with Crippen molar-refractivity contribution in [1.82, 2.24) is 20.8 Å². The van der Waals surface area contributed by atoms with Crippen LogP contribution >= 0.6 is 12.4 Å². The van der Waals surface area contributed by atoms with Crippen LogP contribution in [0.5, 0.6) is 0 Å². The molecule has 9 heteroatoms. The van der Waals surface area contributed by atoms with Gasteiger partial charge in [-0.15, -0.1) is 12.4 Å². The second-order valence-electron chi connectivity index (χ2n) is 5.46. The maximum atomic E-state index is 14.1. The van der Waals surface area contributed by atoms with E-state index in [1.165, 1.54) is 6.07 Å². The Balaban J connectivity index is 0.00000208. The van der Waals surface area contributed by atoms with Crippen LogP contribution in [0.2, 0.25) is 0 Å². The van der Waals surface area contributed by atoms with Crippen molar-refractivity contribution in [2.75, 3.05) is 25.0 Å². The molecule has 1 fully saturated rings. The Morgan fingerprint density at radius 3 is 2.96 bits per heavy atom. The van der Waals surface area contributed by atoms with Gasteiger partial charge in [0, 0.05) is 31.2 Å². The van der Waals surface area contributed by atoms with Crippen molar-refractivity contribution in [3.8, 4) is 11.5 Å². The van der Waals surface area contributed by atoms with E-state index in [1.807, 2.05) is 14.0 Å². The lowest BCUT2D eigenvalue weighted by molar-refractivity contribution is 0.252. The average molecular weight is 356 g/mol. The molecule has 3 rings (SSSR count). The van der Waals surface area contributed by atoms with Crippen molar-refractivity contribution >= 4 is 24.1 Å². The largest absolute Gasteiger partial charge is 0.336 e. The Morgan fingerprint density at radius 2 is 2.29 bits per heavy atom. The summed E-state index contributed by atoms with van der Waals surface area (Å²) in [7, 11) is 1.84. The summed E-state index contributed by atoms with van der Waals surface area (Å²) in [6, 6.07) is 4.40. The zero-order valence-electron chi connectivity index (χ0n) is 13.4. The Bertz CT molecular complexity index is 724. The van der Waals surface area contributed by atoms with Crippen molar-refractivity contribution in [3.05, 3.63) is 29.8 Å². The molecule has 130 valence electrons. The molecule has 0 radical (unpaired) electrons. The van der Waals surface area contributed by atoms with E-state index < -0.39 is 5.82 Å². The first-order valence-electron chi connectivity index (χ1n) is 7.43. The summed E-state index contributed by atoms with van der Waals surface area (Å²) in [5.74, 6) is 0.151. The van der Waals surface area contributed by atoms with Gasteiger partial charge in [-0.2, -0.15) is 4.98 Å². The molecule has 1 atom stereocenters. The Morgan fingerprint density at radius 1 is 1.50 bits per heavy atom. The molecule has 1 unspecified atom stereocenters. The second-order valence-corrected chi connectivity index (χ2v) is 5.46. The van der Waals surface area contributed by atoms with Crippen LogP contribution in [0.25, 0.3) is 11.5 Å². The van der Waals surface area contributed by atoms with Gasteiger partial charge in [-0.25, -0.2) is 9.18 Å². The molecule has 0 spiro atoms. The number of benzene rings is 1. The highest BCUT2D eigenvalue weighted by molar-refractivity contribution is 5.94. The van der Waals surface area contributed by atoms with Gasteiger partial charge < -0.3 is 15.2 Å². The summed E-state index contributed by atoms with van der Waals surface area (Å²) in [6.07, 6.45) is 0.579. The molecule has 1 aliphatic rings. The van der Waals surface area contributed by atoms with Crippen molar-refractivity contribution in [2.24, 2.45) is 0 Å². The van der Waals surface area contributed by atoms with Gasteiger partial charge in [0.05, 0.1) is 5.56 Å². The molecule has 0 saturated carbocycles. The third kappa shape index (κ3) is 3.65. The van der Waals surface area contributed by atoms with Gasteiger partial charge in [-0.3, -0.25) is 4.90 Å². The zero-order chi connectivity index (χ0) is 16.4. The molecular formula is C15H19ClFN5O2. The van der Waals surface area contributed by atoms with E-state index in [0.717, 1.165) is 0 Å². The number of urea groups is 1. The van der Waals surface area contributed by atoms with Crippen LogP contribution in [0.15, 0.2) is 22.7 Å². The number of nitrogens with one attached hydrogen (secondary N) is 2. The molecule has 2 heterocycles. The normalized spacial score (nSPS) is 15.1. The number of nitrogens with zero attached hydrogens (tertiary/aromatic N) is 3. The van der Waals surface area contributed by atoms with Crippen molar-refractivity contribution in [1.29, 1.82) is 0 Å². The fourth-order valence-electron chi connectivity index (χ4n) is 2.39. The van der Waals surface area contributed by atoms with Crippen LogP contribution in [0, 0.1) is 5.82 Å². The second kappa shape index (κ2) is 7.59. The number of carbonyl (C=O) groups is 1. The maximum Gasteiger partial charge on any atom is 0.321 e. The first kappa shape index (κ1) is 18.2. The Hall–Kier alpha value is -2.19. The smallest absolute Gasteiger partial charge is 0.321 e. The molecule has 0 aliphatic carbocycles. The number of aromatic nitrogens is 2. The minimum Gasteiger partial charge on any atom is -0.336 e. The number of anilines is 1. The number of amides is 2. The topological polar surface area (TPSA) is 83.3 Å². The van der Waals surface area contributed by atoms with Gasteiger partial charge >= 0.3 is 6.03 Å². The lowest BCUT2D eigenvalue weighted by Gasteiger charge is -2.14. The summed E-state index contributed by atoms with van der Waals surface area (Å²) < 4.78 is 19.3. The summed E-state index contributed by atoms with van der Waals surface area (Å²) in [5, 5.41) is 9.67. The highest BCUT2D eigenvalue weighted by Crippen LogP contribution is 2.27. The van der Waals surface area contributed by atoms with Crippen LogP contribution in [0.3, 0.4) is 0 Å². The van der Waals surface area contributed by atoms with Crippen LogP contribution in [-0.4, -0.2) is 42.4 Å². The molecule has 1 aromatic carbocycles. The number of hydrogen-bond donors (Lipinski definition) is 2. The number of carbonyl (C=O) groups excluding carboxylic acids is 1. The first-order chi connectivity index (χ1) is 11.1. The SMILES string of the molecule is CNC(C)Cc1noc(-c2cc(N3CCNC3=O)ccc2F)n1.Cl. The van der Waals surface area contributed by atoms with Gasteiger partial charge in [0.25, 0.3) is 5.89 Å². The molecular weight excluding hydrogens is 337 g/mol. The number of halogens is 2. The summed E-state index contributed by atoms with van der Waals surface area (Å²) in [5.41, 5.74) is 0.790. The number of hydrogen-bond acceptors (Lipinski definition) is 5. The zero-order valence-corrected chi connectivity index (χ0v) is 14.2. The van der Waals surface area contributed by atoms with Crippen LogP contribution < -0.4 is 15.5 Å². The number of rotatable bonds is 5. The number of likely N-dealkylation sites (N-methyl/N-ethyl adjacent to an activating group) is 1. The molecule has 0 bridgehead atoms. The highest BCUT2D eigenvalue weighted by atomic mass is 35.5. The van der Waals surface area contributed by atoms with Crippen LogP contribution in [0.4, 0.5) is 14.9 Å². The van der Waals surface area contributed by atoms with Crippen molar-refractivity contribution in [3.63, 3.8) is 0 Å². The van der Waals surface area contributed by atoms with Crippen molar-refractivity contribution in [2.45, 2.75) is 19.4 Å². The van der Waals surface area contributed by atoms with E-state index in [-0.39, 0.29) is 35.9 Å². The van der Waals surface area contributed by atoms with Gasteiger partial charge in [-0.05, 0) is 32.2 Å². The molecule has 1 saturated heterocycles. The van der Waals surface area contributed by atoms with Gasteiger partial charge in [-0.1, -0.05) is 5.16 Å². The summed E-state index contributed by atoms with van der Waals surface area (Å²) in [6.45, 7) is 3.10. The average Bonchev–Trinajstić information content (AvgIpc) is 3.17. The quantitative estimate of drug-likeness (QED) is 0.856. The summed E-state index contributed by atoms with van der Waals surface area (Å²) >= 11 is 0. The molecule has 1 aliphatic heterocycles. The molecule has 7 nitrogen and oxygen atoms in total. The predicted molar refractivity (Wildman–Crippen MR) is 89.9 cm³/mol. The standard InChI is InChI=1S/C15H18FN5O2.ClH/c1-9(17-2)7-13-19-14(23-20-13)11-8-10(3-4-12(11)16)21-6-5-18-15(21)22;/h3-4,8-9,17H,5-7H2,1-2H3,(H,18,22);1H. The molecule has 2 N–H and O–H groups in total.